The standard InChI is InChI=1S/C20H30N4O7/c1-10(2)16(24-17(27)11(3)21)19(29)23-15(9-25)18(28)22-14(20(30)31)8-12-4-6-13(26)7-5-12/h4-7,10-11,14-16,25-26H,8-9,21H2,1-3H3,(H,22,28)(H,23,29)(H,24,27)(H,30,31). The first kappa shape index (κ1) is 25.9. The summed E-state index contributed by atoms with van der Waals surface area (Å²) in [6, 6.07) is 1.18. The Balaban J connectivity index is 2.84. The van der Waals surface area contributed by atoms with Crippen LogP contribution in [0.25, 0.3) is 0 Å². The maximum atomic E-state index is 12.6. The van der Waals surface area contributed by atoms with E-state index in [9.17, 15) is 34.5 Å². The first-order valence-electron chi connectivity index (χ1n) is 9.74. The zero-order chi connectivity index (χ0) is 23.7. The Kier molecular flexibility index (Phi) is 9.90. The number of aliphatic hydroxyl groups excluding tert-OH is 1. The number of aromatic hydroxyl groups is 1. The van der Waals surface area contributed by atoms with Crippen molar-refractivity contribution in [3.63, 3.8) is 0 Å². The summed E-state index contributed by atoms with van der Waals surface area (Å²) in [5, 5.41) is 35.4. The number of benzene rings is 1. The third-order valence-corrected chi connectivity index (χ3v) is 4.47. The highest BCUT2D eigenvalue weighted by atomic mass is 16.4. The summed E-state index contributed by atoms with van der Waals surface area (Å²) in [6.07, 6.45) is -0.0769. The van der Waals surface area contributed by atoms with Crippen LogP contribution in [0.2, 0.25) is 0 Å². The maximum Gasteiger partial charge on any atom is 0.326 e. The third-order valence-electron chi connectivity index (χ3n) is 4.47. The number of nitrogens with one attached hydrogen (secondary N) is 3. The molecule has 11 heteroatoms. The van der Waals surface area contributed by atoms with E-state index in [1.54, 1.807) is 13.8 Å². The Hall–Kier alpha value is -3.18. The summed E-state index contributed by atoms with van der Waals surface area (Å²) in [7, 11) is 0. The molecular weight excluding hydrogens is 408 g/mol. The molecule has 0 aliphatic heterocycles. The minimum Gasteiger partial charge on any atom is -0.508 e. The van der Waals surface area contributed by atoms with Crippen LogP contribution in [0.5, 0.6) is 5.75 Å². The fraction of sp³-hybridized carbons (Fsp3) is 0.500. The van der Waals surface area contributed by atoms with Crippen LogP contribution < -0.4 is 21.7 Å². The molecule has 0 heterocycles. The predicted octanol–water partition coefficient (Wildman–Crippen LogP) is -1.53. The molecule has 4 atom stereocenters. The molecule has 0 saturated heterocycles. The Morgan fingerprint density at radius 2 is 1.45 bits per heavy atom. The molecule has 31 heavy (non-hydrogen) atoms. The number of aliphatic hydroxyl groups is 1. The van der Waals surface area contributed by atoms with Gasteiger partial charge in [-0.1, -0.05) is 26.0 Å². The van der Waals surface area contributed by atoms with Gasteiger partial charge in [0.15, 0.2) is 0 Å². The minimum absolute atomic E-state index is 0.0125. The number of hydrogen-bond donors (Lipinski definition) is 7. The molecular formula is C20H30N4O7. The zero-order valence-electron chi connectivity index (χ0n) is 17.7. The summed E-state index contributed by atoms with van der Waals surface area (Å²) in [4.78, 5) is 48.4. The fourth-order valence-electron chi connectivity index (χ4n) is 2.62. The summed E-state index contributed by atoms with van der Waals surface area (Å²) in [5.41, 5.74) is 6.05. The molecule has 0 bridgehead atoms. The van der Waals surface area contributed by atoms with E-state index in [1.807, 2.05) is 0 Å². The van der Waals surface area contributed by atoms with Crippen molar-refractivity contribution in [3.8, 4) is 5.75 Å². The molecule has 11 nitrogen and oxygen atoms in total. The van der Waals surface area contributed by atoms with Crippen molar-refractivity contribution in [2.24, 2.45) is 11.7 Å². The quantitative estimate of drug-likeness (QED) is 0.216. The van der Waals surface area contributed by atoms with Gasteiger partial charge in [-0.15, -0.1) is 0 Å². The van der Waals surface area contributed by atoms with Crippen molar-refractivity contribution in [2.75, 3.05) is 6.61 Å². The Morgan fingerprint density at radius 1 is 0.903 bits per heavy atom. The number of phenols is 1. The van der Waals surface area contributed by atoms with E-state index in [0.29, 0.717) is 5.56 Å². The van der Waals surface area contributed by atoms with Crippen LogP contribution in [0.4, 0.5) is 0 Å². The largest absolute Gasteiger partial charge is 0.508 e. The molecule has 1 aromatic carbocycles. The molecule has 0 aliphatic carbocycles. The van der Waals surface area contributed by atoms with E-state index in [4.69, 9.17) is 5.73 Å². The minimum atomic E-state index is -1.43. The van der Waals surface area contributed by atoms with Gasteiger partial charge in [-0.2, -0.15) is 0 Å². The van der Waals surface area contributed by atoms with Gasteiger partial charge < -0.3 is 37.0 Å². The van der Waals surface area contributed by atoms with Gasteiger partial charge in [0.2, 0.25) is 17.7 Å². The van der Waals surface area contributed by atoms with Crippen molar-refractivity contribution >= 4 is 23.7 Å². The molecule has 1 aromatic rings. The van der Waals surface area contributed by atoms with Crippen molar-refractivity contribution in [1.82, 2.24) is 16.0 Å². The second-order valence-electron chi connectivity index (χ2n) is 7.53. The van der Waals surface area contributed by atoms with Crippen molar-refractivity contribution < 1.29 is 34.5 Å². The first-order valence-corrected chi connectivity index (χ1v) is 9.74. The van der Waals surface area contributed by atoms with E-state index in [1.165, 1.54) is 31.2 Å². The van der Waals surface area contributed by atoms with Crippen LogP contribution in [-0.2, 0) is 25.6 Å². The molecule has 0 aromatic heterocycles. The van der Waals surface area contributed by atoms with Gasteiger partial charge in [0.1, 0.15) is 23.9 Å². The summed E-state index contributed by atoms with van der Waals surface area (Å²) < 4.78 is 0. The fourth-order valence-corrected chi connectivity index (χ4v) is 2.62. The number of phenolic OH excluding ortho intramolecular Hbond substituents is 1. The predicted molar refractivity (Wildman–Crippen MR) is 111 cm³/mol. The molecule has 0 saturated carbocycles. The number of carboxylic acids is 1. The molecule has 8 N–H and O–H groups in total. The van der Waals surface area contributed by atoms with Gasteiger partial charge >= 0.3 is 5.97 Å². The van der Waals surface area contributed by atoms with E-state index in [2.05, 4.69) is 16.0 Å². The maximum absolute atomic E-state index is 12.6. The molecule has 0 fully saturated rings. The number of hydrogen-bond acceptors (Lipinski definition) is 7. The summed E-state index contributed by atoms with van der Waals surface area (Å²) >= 11 is 0. The lowest BCUT2D eigenvalue weighted by Crippen LogP contribution is -2.59. The average Bonchev–Trinajstić information content (AvgIpc) is 2.70. The van der Waals surface area contributed by atoms with Gasteiger partial charge in [0.05, 0.1) is 12.6 Å². The number of rotatable bonds is 11. The monoisotopic (exact) mass is 438 g/mol. The lowest BCUT2D eigenvalue weighted by atomic mass is 10.0. The smallest absolute Gasteiger partial charge is 0.326 e. The molecule has 0 spiro atoms. The van der Waals surface area contributed by atoms with Crippen molar-refractivity contribution in [3.05, 3.63) is 29.8 Å². The number of nitrogens with two attached hydrogens (primary N) is 1. The average molecular weight is 438 g/mol. The molecule has 172 valence electrons. The Morgan fingerprint density at radius 3 is 1.90 bits per heavy atom. The van der Waals surface area contributed by atoms with E-state index < -0.39 is 54.5 Å². The number of aliphatic carboxylic acids is 1. The molecule has 0 aliphatic rings. The highest BCUT2D eigenvalue weighted by Crippen LogP contribution is 2.11. The highest BCUT2D eigenvalue weighted by Gasteiger charge is 2.31. The van der Waals surface area contributed by atoms with Crippen molar-refractivity contribution in [2.45, 2.75) is 51.4 Å². The normalized spacial score (nSPS) is 14.8. The van der Waals surface area contributed by atoms with Crippen LogP contribution in [0, 0.1) is 5.92 Å². The lowest BCUT2D eigenvalue weighted by Gasteiger charge is -2.26. The van der Waals surface area contributed by atoms with E-state index in [-0.39, 0.29) is 18.1 Å². The van der Waals surface area contributed by atoms with Crippen LogP contribution in [0.1, 0.15) is 26.3 Å². The van der Waals surface area contributed by atoms with Crippen LogP contribution in [0.15, 0.2) is 24.3 Å². The van der Waals surface area contributed by atoms with Gasteiger partial charge in [-0.3, -0.25) is 14.4 Å². The second-order valence-corrected chi connectivity index (χ2v) is 7.53. The van der Waals surface area contributed by atoms with Crippen LogP contribution in [-0.4, -0.2) is 69.8 Å². The third kappa shape index (κ3) is 8.22. The first-order chi connectivity index (χ1) is 14.5. The molecule has 1 rings (SSSR count). The second kappa shape index (κ2) is 11.9. The molecule has 3 amide bonds. The van der Waals surface area contributed by atoms with Gasteiger partial charge in [-0.25, -0.2) is 4.79 Å². The van der Waals surface area contributed by atoms with E-state index in [0.717, 1.165) is 0 Å². The van der Waals surface area contributed by atoms with Gasteiger partial charge in [0.25, 0.3) is 0 Å². The Labute approximate surface area is 180 Å². The summed E-state index contributed by atoms with van der Waals surface area (Å²) in [6.45, 7) is 4.03. The highest BCUT2D eigenvalue weighted by molar-refractivity contribution is 5.94. The van der Waals surface area contributed by atoms with E-state index >= 15 is 0 Å². The topological polar surface area (TPSA) is 191 Å². The van der Waals surface area contributed by atoms with Crippen molar-refractivity contribution in [1.29, 1.82) is 0 Å². The Bertz CT molecular complexity index is 780. The zero-order valence-corrected chi connectivity index (χ0v) is 17.7. The molecule has 4 unspecified atom stereocenters. The number of carboxylic acid groups (broad SMARTS) is 1. The van der Waals surface area contributed by atoms with Gasteiger partial charge in [0, 0.05) is 6.42 Å². The van der Waals surface area contributed by atoms with Crippen LogP contribution in [0.3, 0.4) is 0 Å². The molecule has 0 radical (unpaired) electrons. The number of carbonyl (C=O) groups excluding carboxylic acids is 3. The number of carbonyl (C=O) groups is 4. The SMILES string of the molecule is CC(N)C(=O)NC(C(=O)NC(CO)C(=O)NC(Cc1ccc(O)cc1)C(=O)O)C(C)C. The summed E-state index contributed by atoms with van der Waals surface area (Å²) in [5.74, 6) is -3.82. The van der Waals surface area contributed by atoms with Gasteiger partial charge in [-0.05, 0) is 30.5 Å². The lowest BCUT2D eigenvalue weighted by molar-refractivity contribution is -0.142. The van der Waals surface area contributed by atoms with Crippen LogP contribution >= 0.6 is 0 Å². The number of amides is 3.